The standard InChI is InChI=1S/C13H19F2NO3S/c14-13(15)20(18,19)12-8-4-3-7-11(12)16-9-5-1-2-6-10-17/h3-4,7-8,13,16-17H,1-2,5-6,9-10H2. The lowest BCUT2D eigenvalue weighted by molar-refractivity contribution is 0.235. The lowest BCUT2D eigenvalue weighted by atomic mass is 10.2. The fraction of sp³-hybridized carbons (Fsp3) is 0.538. The largest absolute Gasteiger partial charge is 0.396 e. The van der Waals surface area contributed by atoms with Crippen LogP contribution < -0.4 is 5.32 Å². The summed E-state index contributed by atoms with van der Waals surface area (Å²) in [6.07, 6.45) is 3.28. The van der Waals surface area contributed by atoms with Crippen molar-refractivity contribution in [1.29, 1.82) is 0 Å². The third-order valence-corrected chi connectivity index (χ3v) is 4.27. The van der Waals surface area contributed by atoms with Gasteiger partial charge in [0.25, 0.3) is 0 Å². The maximum atomic E-state index is 12.6. The predicted octanol–water partition coefficient (Wildman–Crippen LogP) is 2.65. The van der Waals surface area contributed by atoms with Gasteiger partial charge < -0.3 is 10.4 Å². The molecule has 0 aliphatic rings. The van der Waals surface area contributed by atoms with Gasteiger partial charge in [-0.05, 0) is 25.0 Å². The molecule has 0 saturated heterocycles. The lowest BCUT2D eigenvalue weighted by Crippen LogP contribution is -2.14. The number of halogens is 2. The highest BCUT2D eigenvalue weighted by molar-refractivity contribution is 7.91. The number of hydrogen-bond acceptors (Lipinski definition) is 4. The number of nitrogens with one attached hydrogen (secondary N) is 1. The molecule has 0 spiro atoms. The van der Waals surface area contributed by atoms with Gasteiger partial charge >= 0.3 is 5.76 Å². The first-order chi connectivity index (χ1) is 9.50. The van der Waals surface area contributed by atoms with Crippen LogP contribution in [-0.2, 0) is 9.84 Å². The normalized spacial score (nSPS) is 11.8. The quantitative estimate of drug-likeness (QED) is 0.688. The van der Waals surface area contributed by atoms with E-state index >= 15 is 0 Å². The first kappa shape index (κ1) is 16.8. The summed E-state index contributed by atoms with van der Waals surface area (Å²) in [5, 5.41) is 11.5. The number of sulfone groups is 1. The molecule has 0 aliphatic heterocycles. The maximum absolute atomic E-state index is 12.6. The third-order valence-electron chi connectivity index (χ3n) is 2.83. The second-order valence-electron chi connectivity index (χ2n) is 4.37. The van der Waals surface area contributed by atoms with E-state index in [1.807, 2.05) is 0 Å². The molecule has 7 heteroatoms. The molecule has 0 heterocycles. The zero-order valence-corrected chi connectivity index (χ0v) is 11.9. The van der Waals surface area contributed by atoms with Gasteiger partial charge in [-0.1, -0.05) is 25.0 Å². The number of para-hydroxylation sites is 1. The van der Waals surface area contributed by atoms with E-state index in [2.05, 4.69) is 5.32 Å². The van der Waals surface area contributed by atoms with Crippen LogP contribution in [0.2, 0.25) is 0 Å². The highest BCUT2D eigenvalue weighted by Crippen LogP contribution is 2.26. The molecule has 1 rings (SSSR count). The molecule has 0 aliphatic carbocycles. The van der Waals surface area contributed by atoms with Gasteiger partial charge in [0.15, 0.2) is 0 Å². The van der Waals surface area contributed by atoms with Crippen molar-refractivity contribution in [3.63, 3.8) is 0 Å². The van der Waals surface area contributed by atoms with Gasteiger partial charge in [0.2, 0.25) is 9.84 Å². The van der Waals surface area contributed by atoms with Crippen LogP contribution in [0.5, 0.6) is 0 Å². The van der Waals surface area contributed by atoms with Crippen molar-refractivity contribution in [2.45, 2.75) is 36.3 Å². The number of rotatable bonds is 9. The highest BCUT2D eigenvalue weighted by atomic mass is 32.2. The molecule has 20 heavy (non-hydrogen) atoms. The lowest BCUT2D eigenvalue weighted by Gasteiger charge is -2.12. The summed E-state index contributed by atoms with van der Waals surface area (Å²) >= 11 is 0. The van der Waals surface area contributed by atoms with Crippen LogP contribution in [0.3, 0.4) is 0 Å². The smallest absolute Gasteiger partial charge is 0.341 e. The van der Waals surface area contributed by atoms with Gasteiger partial charge in [0, 0.05) is 13.2 Å². The molecule has 1 aromatic rings. The minimum atomic E-state index is -4.59. The van der Waals surface area contributed by atoms with Crippen molar-refractivity contribution in [3.8, 4) is 0 Å². The topological polar surface area (TPSA) is 66.4 Å². The average Bonchev–Trinajstić information content (AvgIpc) is 2.43. The van der Waals surface area contributed by atoms with E-state index in [1.165, 1.54) is 18.2 Å². The summed E-state index contributed by atoms with van der Waals surface area (Å²) in [5.74, 6) is -3.42. The number of hydrogen-bond donors (Lipinski definition) is 2. The van der Waals surface area contributed by atoms with E-state index in [0.717, 1.165) is 25.7 Å². The molecule has 1 aromatic carbocycles. The van der Waals surface area contributed by atoms with Crippen molar-refractivity contribution in [2.75, 3.05) is 18.5 Å². The van der Waals surface area contributed by atoms with Crippen LogP contribution in [0.25, 0.3) is 0 Å². The molecule has 0 amide bonds. The van der Waals surface area contributed by atoms with Crippen LogP contribution in [-0.4, -0.2) is 32.4 Å². The molecule has 0 bridgehead atoms. The Balaban J connectivity index is 2.63. The number of unbranched alkanes of at least 4 members (excludes halogenated alkanes) is 3. The molecule has 0 atom stereocenters. The number of aliphatic hydroxyl groups excluding tert-OH is 1. The van der Waals surface area contributed by atoms with Crippen LogP contribution in [0.15, 0.2) is 29.2 Å². The Bertz CT molecular complexity index is 506. The molecule has 0 unspecified atom stereocenters. The minimum Gasteiger partial charge on any atom is -0.396 e. The zero-order valence-electron chi connectivity index (χ0n) is 11.1. The molecular formula is C13H19F2NO3S. The molecule has 0 aromatic heterocycles. The Morgan fingerprint density at radius 3 is 2.40 bits per heavy atom. The Morgan fingerprint density at radius 1 is 1.10 bits per heavy atom. The van der Waals surface area contributed by atoms with Crippen LogP contribution in [0.4, 0.5) is 14.5 Å². The number of anilines is 1. The first-order valence-electron chi connectivity index (χ1n) is 6.46. The Hall–Kier alpha value is -1.21. The molecule has 0 fully saturated rings. The fourth-order valence-corrected chi connectivity index (χ4v) is 2.68. The molecular weight excluding hydrogens is 288 g/mol. The van der Waals surface area contributed by atoms with Crippen molar-refractivity contribution < 1.29 is 22.3 Å². The number of alkyl halides is 2. The van der Waals surface area contributed by atoms with Crippen molar-refractivity contribution in [2.24, 2.45) is 0 Å². The van der Waals surface area contributed by atoms with Crippen molar-refractivity contribution in [3.05, 3.63) is 24.3 Å². The van der Waals surface area contributed by atoms with Gasteiger partial charge in [0.05, 0.1) is 10.6 Å². The van der Waals surface area contributed by atoms with Gasteiger partial charge in [-0.2, -0.15) is 8.78 Å². The minimum absolute atomic E-state index is 0.156. The fourth-order valence-electron chi connectivity index (χ4n) is 1.77. The van der Waals surface area contributed by atoms with Crippen molar-refractivity contribution in [1.82, 2.24) is 0 Å². The van der Waals surface area contributed by atoms with Gasteiger partial charge in [-0.3, -0.25) is 0 Å². The monoisotopic (exact) mass is 307 g/mol. The zero-order chi connectivity index (χ0) is 15.0. The second kappa shape index (κ2) is 8.16. The van der Waals surface area contributed by atoms with E-state index < -0.39 is 15.6 Å². The van der Waals surface area contributed by atoms with Crippen LogP contribution in [0.1, 0.15) is 25.7 Å². The van der Waals surface area contributed by atoms with E-state index in [1.54, 1.807) is 6.07 Å². The van der Waals surface area contributed by atoms with E-state index in [-0.39, 0.29) is 17.2 Å². The second-order valence-corrected chi connectivity index (χ2v) is 6.25. The molecule has 0 saturated carbocycles. The summed E-state index contributed by atoms with van der Waals surface area (Å²) in [7, 11) is -4.59. The van der Waals surface area contributed by atoms with E-state index in [4.69, 9.17) is 5.11 Å². The summed E-state index contributed by atoms with van der Waals surface area (Å²) in [6, 6.07) is 5.67. The first-order valence-corrected chi connectivity index (χ1v) is 8.00. The Morgan fingerprint density at radius 2 is 1.75 bits per heavy atom. The molecule has 0 radical (unpaired) electrons. The van der Waals surface area contributed by atoms with Gasteiger partial charge in [-0.25, -0.2) is 8.42 Å². The highest BCUT2D eigenvalue weighted by Gasteiger charge is 2.28. The summed E-state index contributed by atoms with van der Waals surface area (Å²) < 4.78 is 48.2. The van der Waals surface area contributed by atoms with Gasteiger partial charge in [0.1, 0.15) is 0 Å². The average molecular weight is 307 g/mol. The van der Waals surface area contributed by atoms with Crippen LogP contribution >= 0.6 is 0 Å². The molecule has 114 valence electrons. The third kappa shape index (κ3) is 4.72. The summed E-state index contributed by atoms with van der Waals surface area (Å²) in [5.41, 5.74) is 0.204. The van der Waals surface area contributed by atoms with E-state index in [0.29, 0.717) is 6.54 Å². The molecule has 4 nitrogen and oxygen atoms in total. The maximum Gasteiger partial charge on any atom is 0.341 e. The van der Waals surface area contributed by atoms with E-state index in [9.17, 15) is 17.2 Å². The van der Waals surface area contributed by atoms with Crippen LogP contribution in [0, 0.1) is 0 Å². The summed E-state index contributed by atoms with van der Waals surface area (Å²) in [4.78, 5) is -0.370. The Kier molecular flexibility index (Phi) is 6.87. The SMILES string of the molecule is O=S(=O)(c1ccccc1NCCCCCCO)C(F)F. The summed E-state index contributed by atoms with van der Waals surface area (Å²) in [6.45, 7) is 0.657. The number of benzene rings is 1. The number of aliphatic hydroxyl groups is 1. The Labute approximate surface area is 117 Å². The van der Waals surface area contributed by atoms with Crippen molar-refractivity contribution >= 4 is 15.5 Å². The van der Waals surface area contributed by atoms with Gasteiger partial charge in [-0.15, -0.1) is 0 Å². The predicted molar refractivity (Wildman–Crippen MR) is 73.7 cm³/mol. The molecule has 2 N–H and O–H groups in total.